The van der Waals surface area contributed by atoms with Gasteiger partial charge in [-0.2, -0.15) is 0 Å². The van der Waals surface area contributed by atoms with Gasteiger partial charge in [-0.05, 0) is 44.0 Å². The Labute approximate surface area is 107 Å². The third-order valence-corrected chi connectivity index (χ3v) is 3.60. The highest BCUT2D eigenvalue weighted by Crippen LogP contribution is 2.24. The number of anilines is 1. The van der Waals surface area contributed by atoms with E-state index in [1.807, 2.05) is 25.1 Å². The molecule has 2 rings (SSSR count). The summed E-state index contributed by atoms with van der Waals surface area (Å²) >= 11 is 6.02. The summed E-state index contributed by atoms with van der Waals surface area (Å²) in [5.41, 5.74) is 1.74. The third-order valence-electron chi connectivity index (χ3n) is 3.19. The van der Waals surface area contributed by atoms with Gasteiger partial charge in [0.05, 0.1) is 5.92 Å². The van der Waals surface area contributed by atoms with Crippen molar-refractivity contribution in [3.8, 4) is 0 Å². The first-order valence-corrected chi connectivity index (χ1v) is 6.33. The summed E-state index contributed by atoms with van der Waals surface area (Å²) in [5.74, 6) is 0.157. The number of carbonyl (C=O) groups is 1. The maximum absolute atomic E-state index is 12.0. The Morgan fingerprint density at radius 1 is 1.53 bits per heavy atom. The van der Waals surface area contributed by atoms with E-state index in [4.69, 9.17) is 11.6 Å². The van der Waals surface area contributed by atoms with E-state index < -0.39 is 0 Å². The zero-order valence-electron chi connectivity index (χ0n) is 9.92. The summed E-state index contributed by atoms with van der Waals surface area (Å²) in [6, 6.07) is 5.56. The first kappa shape index (κ1) is 12.4. The van der Waals surface area contributed by atoms with E-state index in [2.05, 4.69) is 10.6 Å². The number of hydrogen-bond donors (Lipinski definition) is 2. The lowest BCUT2D eigenvalue weighted by Crippen LogP contribution is -2.37. The average molecular weight is 253 g/mol. The average Bonchev–Trinajstić information content (AvgIpc) is 2.36. The number of amides is 1. The fourth-order valence-electron chi connectivity index (χ4n) is 2.05. The van der Waals surface area contributed by atoms with Crippen molar-refractivity contribution < 1.29 is 4.79 Å². The van der Waals surface area contributed by atoms with Gasteiger partial charge in [0.2, 0.25) is 5.91 Å². The molecule has 0 bridgehead atoms. The molecule has 1 aromatic carbocycles. The minimum absolute atomic E-state index is 0.0714. The molecule has 1 aliphatic heterocycles. The highest BCUT2D eigenvalue weighted by atomic mass is 35.5. The van der Waals surface area contributed by atoms with Gasteiger partial charge in [0.1, 0.15) is 0 Å². The zero-order chi connectivity index (χ0) is 12.3. The quantitative estimate of drug-likeness (QED) is 0.850. The van der Waals surface area contributed by atoms with Crippen LogP contribution in [0, 0.1) is 12.8 Å². The fraction of sp³-hybridized carbons (Fsp3) is 0.462. The van der Waals surface area contributed by atoms with E-state index in [9.17, 15) is 4.79 Å². The predicted octanol–water partition coefficient (Wildman–Crippen LogP) is 2.59. The molecule has 1 saturated heterocycles. The molecule has 2 N–H and O–H groups in total. The van der Waals surface area contributed by atoms with Crippen molar-refractivity contribution in [2.45, 2.75) is 19.8 Å². The van der Waals surface area contributed by atoms with E-state index >= 15 is 0 Å². The SMILES string of the molecule is Cc1c(Cl)cccc1NC(=O)[C@@H]1CCCNC1. The Kier molecular flexibility index (Phi) is 4.02. The molecule has 1 aromatic rings. The molecule has 1 heterocycles. The summed E-state index contributed by atoms with van der Waals surface area (Å²) in [5, 5.41) is 6.88. The molecule has 0 saturated carbocycles. The van der Waals surface area contributed by atoms with Gasteiger partial charge >= 0.3 is 0 Å². The van der Waals surface area contributed by atoms with Gasteiger partial charge < -0.3 is 10.6 Å². The van der Waals surface area contributed by atoms with Crippen LogP contribution in [-0.2, 0) is 4.79 Å². The standard InChI is InChI=1S/C13H17ClN2O/c1-9-11(14)5-2-6-12(9)16-13(17)10-4-3-7-15-8-10/h2,5-6,10,15H,3-4,7-8H2,1H3,(H,16,17)/t10-/m1/s1. The molecule has 0 radical (unpaired) electrons. The first-order chi connectivity index (χ1) is 8.18. The monoisotopic (exact) mass is 252 g/mol. The van der Waals surface area contributed by atoms with E-state index in [1.165, 1.54) is 0 Å². The Hall–Kier alpha value is -1.06. The molecule has 1 amide bonds. The Bertz CT molecular complexity index is 414. The highest BCUT2D eigenvalue weighted by molar-refractivity contribution is 6.31. The molecule has 1 aliphatic rings. The predicted molar refractivity (Wildman–Crippen MR) is 70.4 cm³/mol. The minimum atomic E-state index is 0.0714. The molecule has 3 nitrogen and oxygen atoms in total. The molecule has 1 atom stereocenters. The second-order valence-corrected chi connectivity index (χ2v) is 4.85. The van der Waals surface area contributed by atoms with Crippen LogP contribution in [-0.4, -0.2) is 19.0 Å². The van der Waals surface area contributed by atoms with Crippen molar-refractivity contribution in [2.75, 3.05) is 18.4 Å². The highest BCUT2D eigenvalue weighted by Gasteiger charge is 2.21. The minimum Gasteiger partial charge on any atom is -0.326 e. The lowest BCUT2D eigenvalue weighted by atomic mass is 9.98. The maximum atomic E-state index is 12.0. The van der Waals surface area contributed by atoms with Crippen molar-refractivity contribution in [2.24, 2.45) is 5.92 Å². The van der Waals surface area contributed by atoms with E-state index in [0.717, 1.165) is 37.2 Å². The number of benzene rings is 1. The van der Waals surface area contributed by atoms with Gasteiger partial charge in [0.25, 0.3) is 0 Å². The van der Waals surface area contributed by atoms with Gasteiger partial charge in [-0.15, -0.1) is 0 Å². The number of halogens is 1. The van der Waals surface area contributed by atoms with Crippen molar-refractivity contribution >= 4 is 23.2 Å². The van der Waals surface area contributed by atoms with Crippen LogP contribution in [0.1, 0.15) is 18.4 Å². The van der Waals surface area contributed by atoms with Crippen LogP contribution >= 0.6 is 11.6 Å². The van der Waals surface area contributed by atoms with Crippen molar-refractivity contribution in [1.29, 1.82) is 0 Å². The smallest absolute Gasteiger partial charge is 0.228 e. The molecule has 1 fully saturated rings. The third kappa shape index (κ3) is 2.99. The first-order valence-electron chi connectivity index (χ1n) is 5.95. The summed E-state index contributed by atoms with van der Waals surface area (Å²) in [6.07, 6.45) is 2.02. The largest absolute Gasteiger partial charge is 0.326 e. The Balaban J connectivity index is 2.04. The van der Waals surface area contributed by atoms with Crippen LogP contribution in [0.25, 0.3) is 0 Å². The molecular formula is C13H17ClN2O. The fourth-order valence-corrected chi connectivity index (χ4v) is 2.23. The van der Waals surface area contributed by atoms with E-state index in [0.29, 0.717) is 5.02 Å². The number of hydrogen-bond acceptors (Lipinski definition) is 2. The second kappa shape index (κ2) is 5.52. The second-order valence-electron chi connectivity index (χ2n) is 4.44. The van der Waals surface area contributed by atoms with Crippen LogP contribution in [0.15, 0.2) is 18.2 Å². The van der Waals surface area contributed by atoms with Crippen LogP contribution in [0.3, 0.4) is 0 Å². The van der Waals surface area contributed by atoms with Crippen LogP contribution in [0.4, 0.5) is 5.69 Å². The lowest BCUT2D eigenvalue weighted by Gasteiger charge is -2.22. The summed E-state index contributed by atoms with van der Waals surface area (Å²) < 4.78 is 0. The number of rotatable bonds is 2. The Morgan fingerprint density at radius 2 is 2.35 bits per heavy atom. The molecular weight excluding hydrogens is 236 g/mol. The lowest BCUT2D eigenvalue weighted by molar-refractivity contribution is -0.120. The summed E-state index contributed by atoms with van der Waals surface area (Å²) in [7, 11) is 0. The molecule has 0 aromatic heterocycles. The van der Waals surface area contributed by atoms with Crippen LogP contribution in [0.2, 0.25) is 5.02 Å². The van der Waals surface area contributed by atoms with Crippen molar-refractivity contribution in [3.63, 3.8) is 0 Å². The summed E-state index contributed by atoms with van der Waals surface area (Å²) in [6.45, 7) is 3.70. The van der Waals surface area contributed by atoms with Crippen LogP contribution in [0.5, 0.6) is 0 Å². The molecule has 0 spiro atoms. The maximum Gasteiger partial charge on any atom is 0.228 e. The normalized spacial score (nSPS) is 20.0. The number of carbonyl (C=O) groups excluding carboxylic acids is 1. The Morgan fingerprint density at radius 3 is 3.06 bits per heavy atom. The van der Waals surface area contributed by atoms with Crippen molar-refractivity contribution in [1.82, 2.24) is 5.32 Å². The summed E-state index contributed by atoms with van der Waals surface area (Å²) in [4.78, 5) is 12.0. The van der Waals surface area contributed by atoms with Gasteiger partial charge in [-0.25, -0.2) is 0 Å². The van der Waals surface area contributed by atoms with Crippen LogP contribution < -0.4 is 10.6 Å². The van der Waals surface area contributed by atoms with E-state index in [-0.39, 0.29) is 11.8 Å². The topological polar surface area (TPSA) is 41.1 Å². The molecule has 0 unspecified atom stereocenters. The zero-order valence-corrected chi connectivity index (χ0v) is 10.7. The molecule has 17 heavy (non-hydrogen) atoms. The molecule has 0 aliphatic carbocycles. The molecule has 92 valence electrons. The van der Waals surface area contributed by atoms with Gasteiger partial charge in [0, 0.05) is 17.3 Å². The van der Waals surface area contributed by atoms with Gasteiger partial charge in [0.15, 0.2) is 0 Å². The number of piperidine rings is 1. The number of nitrogens with one attached hydrogen (secondary N) is 2. The van der Waals surface area contributed by atoms with Gasteiger partial charge in [-0.1, -0.05) is 17.7 Å². The van der Waals surface area contributed by atoms with Crippen molar-refractivity contribution in [3.05, 3.63) is 28.8 Å². The molecule has 4 heteroatoms. The van der Waals surface area contributed by atoms with Gasteiger partial charge in [-0.3, -0.25) is 4.79 Å². The van der Waals surface area contributed by atoms with E-state index in [1.54, 1.807) is 0 Å².